The number of carbonyl (C=O) groups excluding carboxylic acids is 1. The summed E-state index contributed by atoms with van der Waals surface area (Å²) in [4.78, 5) is 11.8. The van der Waals surface area contributed by atoms with E-state index in [1.54, 1.807) is 18.5 Å². The van der Waals surface area contributed by atoms with Crippen molar-refractivity contribution in [3.63, 3.8) is 0 Å². The highest BCUT2D eigenvalue weighted by Crippen LogP contribution is 2.24. The number of aromatic nitrogens is 2. The molecule has 3 nitrogen and oxygen atoms in total. The number of hydrogen-bond acceptors (Lipinski definition) is 2. The predicted octanol–water partition coefficient (Wildman–Crippen LogP) is 2.10. The molecule has 3 heteroatoms. The largest absolute Gasteiger partial charge is 0.272 e. The van der Waals surface area contributed by atoms with Crippen molar-refractivity contribution in [2.24, 2.45) is 5.92 Å². The molecule has 0 aromatic carbocycles. The molecule has 1 aliphatic carbocycles. The van der Waals surface area contributed by atoms with Crippen molar-refractivity contribution in [3.05, 3.63) is 18.5 Å². The fourth-order valence-electron chi connectivity index (χ4n) is 1.94. The van der Waals surface area contributed by atoms with Gasteiger partial charge in [0.15, 0.2) is 0 Å². The van der Waals surface area contributed by atoms with Crippen LogP contribution in [0.4, 0.5) is 0 Å². The van der Waals surface area contributed by atoms with E-state index >= 15 is 0 Å². The molecular formula is C10H14N2O. The van der Waals surface area contributed by atoms with Crippen LogP contribution in [0.5, 0.6) is 0 Å². The van der Waals surface area contributed by atoms with Gasteiger partial charge in [-0.15, -0.1) is 0 Å². The van der Waals surface area contributed by atoms with Crippen molar-refractivity contribution < 1.29 is 4.79 Å². The number of hydrogen-bond donors (Lipinski definition) is 0. The highest BCUT2D eigenvalue weighted by molar-refractivity contribution is 5.80. The summed E-state index contributed by atoms with van der Waals surface area (Å²) < 4.78 is 1.47. The Morgan fingerprint density at radius 1 is 1.31 bits per heavy atom. The monoisotopic (exact) mass is 178 g/mol. The molecule has 1 fully saturated rings. The average molecular weight is 178 g/mol. The number of nitrogens with zero attached hydrogens (tertiary/aromatic N) is 2. The third-order valence-electron chi connectivity index (χ3n) is 2.68. The van der Waals surface area contributed by atoms with Crippen molar-refractivity contribution >= 4 is 5.91 Å². The van der Waals surface area contributed by atoms with Crippen LogP contribution in [0.3, 0.4) is 0 Å². The summed E-state index contributed by atoms with van der Waals surface area (Å²) in [6.07, 6.45) is 9.13. The van der Waals surface area contributed by atoms with E-state index < -0.39 is 0 Å². The Balaban J connectivity index is 2.04. The van der Waals surface area contributed by atoms with Gasteiger partial charge in [0, 0.05) is 18.3 Å². The van der Waals surface area contributed by atoms with Crippen LogP contribution < -0.4 is 0 Å². The van der Waals surface area contributed by atoms with Crippen LogP contribution in [0, 0.1) is 5.92 Å². The van der Waals surface area contributed by atoms with E-state index in [0.717, 1.165) is 12.8 Å². The maximum absolute atomic E-state index is 11.8. The highest BCUT2D eigenvalue weighted by atomic mass is 16.2. The molecule has 0 bridgehead atoms. The summed E-state index contributed by atoms with van der Waals surface area (Å²) in [6.45, 7) is 0. The molecule has 0 saturated heterocycles. The lowest BCUT2D eigenvalue weighted by molar-refractivity contribution is 0.0784. The second-order valence-electron chi connectivity index (χ2n) is 3.62. The van der Waals surface area contributed by atoms with Crippen molar-refractivity contribution in [3.8, 4) is 0 Å². The molecule has 0 spiro atoms. The highest BCUT2D eigenvalue weighted by Gasteiger charge is 2.22. The second kappa shape index (κ2) is 3.73. The second-order valence-corrected chi connectivity index (χ2v) is 3.62. The van der Waals surface area contributed by atoms with Crippen LogP contribution in [-0.4, -0.2) is 15.7 Å². The van der Waals surface area contributed by atoms with Crippen molar-refractivity contribution in [1.29, 1.82) is 0 Å². The Morgan fingerprint density at radius 3 is 2.69 bits per heavy atom. The van der Waals surface area contributed by atoms with Gasteiger partial charge in [-0.25, -0.2) is 4.68 Å². The van der Waals surface area contributed by atoms with Crippen LogP contribution in [-0.2, 0) is 0 Å². The van der Waals surface area contributed by atoms with E-state index in [0.29, 0.717) is 0 Å². The van der Waals surface area contributed by atoms with E-state index in [1.807, 2.05) is 0 Å². The quantitative estimate of drug-likeness (QED) is 0.660. The van der Waals surface area contributed by atoms with Gasteiger partial charge in [0.25, 0.3) is 0 Å². The van der Waals surface area contributed by atoms with E-state index in [1.165, 1.54) is 23.9 Å². The molecule has 0 radical (unpaired) electrons. The normalized spacial score (nSPS) is 18.8. The van der Waals surface area contributed by atoms with Crippen molar-refractivity contribution in [2.45, 2.75) is 32.1 Å². The maximum Gasteiger partial charge on any atom is 0.249 e. The van der Waals surface area contributed by atoms with Gasteiger partial charge in [-0.05, 0) is 18.9 Å². The molecule has 1 heterocycles. The van der Waals surface area contributed by atoms with Gasteiger partial charge in [0.2, 0.25) is 5.91 Å². The lowest BCUT2D eigenvalue weighted by atomic mass is 9.89. The third kappa shape index (κ3) is 1.79. The van der Waals surface area contributed by atoms with Crippen LogP contribution in [0.25, 0.3) is 0 Å². The third-order valence-corrected chi connectivity index (χ3v) is 2.68. The summed E-state index contributed by atoms with van der Waals surface area (Å²) in [5.41, 5.74) is 0. The lowest BCUT2D eigenvalue weighted by Gasteiger charge is -2.19. The minimum absolute atomic E-state index is 0.171. The summed E-state index contributed by atoms with van der Waals surface area (Å²) in [5, 5.41) is 3.96. The molecule has 0 N–H and O–H groups in total. The Bertz CT molecular complexity index is 273. The zero-order valence-corrected chi connectivity index (χ0v) is 7.65. The zero-order chi connectivity index (χ0) is 9.10. The minimum Gasteiger partial charge on any atom is -0.272 e. The van der Waals surface area contributed by atoms with E-state index in [4.69, 9.17) is 0 Å². The Morgan fingerprint density at radius 2 is 2.08 bits per heavy atom. The summed E-state index contributed by atoms with van der Waals surface area (Å²) in [5.74, 6) is 0.387. The topological polar surface area (TPSA) is 34.9 Å². The summed E-state index contributed by atoms with van der Waals surface area (Å²) >= 11 is 0. The van der Waals surface area contributed by atoms with Crippen LogP contribution >= 0.6 is 0 Å². The predicted molar refractivity (Wildman–Crippen MR) is 49.4 cm³/mol. The maximum atomic E-state index is 11.8. The van der Waals surface area contributed by atoms with E-state index in [9.17, 15) is 4.79 Å². The molecule has 1 saturated carbocycles. The van der Waals surface area contributed by atoms with Crippen LogP contribution in [0.2, 0.25) is 0 Å². The SMILES string of the molecule is O=C(C1CCCCC1)n1cccn1. The standard InChI is InChI=1S/C10H14N2O/c13-10(12-8-4-7-11-12)9-5-2-1-3-6-9/h4,7-9H,1-3,5-6H2. The van der Waals surface area contributed by atoms with Gasteiger partial charge >= 0.3 is 0 Å². The fourth-order valence-corrected chi connectivity index (χ4v) is 1.94. The number of carbonyl (C=O) groups is 1. The molecule has 1 aliphatic rings. The molecule has 13 heavy (non-hydrogen) atoms. The van der Waals surface area contributed by atoms with Gasteiger partial charge in [-0.3, -0.25) is 4.79 Å². The first-order valence-electron chi connectivity index (χ1n) is 4.92. The van der Waals surface area contributed by atoms with Gasteiger partial charge in [-0.2, -0.15) is 5.10 Å². The molecular weight excluding hydrogens is 164 g/mol. The van der Waals surface area contributed by atoms with Gasteiger partial charge in [0.1, 0.15) is 0 Å². The Kier molecular flexibility index (Phi) is 2.43. The molecule has 1 aromatic rings. The molecule has 70 valence electrons. The van der Waals surface area contributed by atoms with Crippen LogP contribution in [0.15, 0.2) is 18.5 Å². The minimum atomic E-state index is 0.171. The van der Waals surface area contributed by atoms with Crippen molar-refractivity contribution in [2.75, 3.05) is 0 Å². The van der Waals surface area contributed by atoms with Crippen LogP contribution in [0.1, 0.15) is 36.9 Å². The molecule has 0 aliphatic heterocycles. The fraction of sp³-hybridized carbons (Fsp3) is 0.600. The van der Waals surface area contributed by atoms with Gasteiger partial charge < -0.3 is 0 Å². The molecule has 0 atom stereocenters. The van der Waals surface area contributed by atoms with Crippen molar-refractivity contribution in [1.82, 2.24) is 9.78 Å². The molecule has 1 aromatic heterocycles. The first kappa shape index (κ1) is 8.48. The lowest BCUT2D eigenvalue weighted by Crippen LogP contribution is -2.24. The molecule has 0 amide bonds. The van der Waals surface area contributed by atoms with Gasteiger partial charge in [-0.1, -0.05) is 19.3 Å². The number of rotatable bonds is 1. The Labute approximate surface area is 77.7 Å². The summed E-state index contributed by atoms with van der Waals surface area (Å²) in [6, 6.07) is 1.79. The first-order valence-corrected chi connectivity index (χ1v) is 4.92. The van der Waals surface area contributed by atoms with E-state index in [-0.39, 0.29) is 11.8 Å². The Hall–Kier alpha value is -1.12. The average Bonchev–Trinajstić information content (AvgIpc) is 2.71. The smallest absolute Gasteiger partial charge is 0.249 e. The zero-order valence-electron chi connectivity index (χ0n) is 7.65. The van der Waals surface area contributed by atoms with E-state index in [2.05, 4.69) is 5.10 Å². The molecule has 0 unspecified atom stereocenters. The molecule has 2 rings (SSSR count). The summed E-state index contributed by atoms with van der Waals surface area (Å²) in [7, 11) is 0. The first-order chi connectivity index (χ1) is 6.38. The van der Waals surface area contributed by atoms with Gasteiger partial charge in [0.05, 0.1) is 0 Å².